The van der Waals surface area contributed by atoms with Crippen LogP contribution in [0.1, 0.15) is 26.7 Å². The molecule has 3 atom stereocenters. The van der Waals surface area contributed by atoms with E-state index in [1.807, 2.05) is 20.9 Å². The van der Waals surface area contributed by atoms with Gasteiger partial charge in [-0.05, 0) is 26.8 Å². The fraction of sp³-hybridized carbons (Fsp3) is 0.909. The van der Waals surface area contributed by atoms with Crippen LogP contribution in [0.2, 0.25) is 0 Å². The minimum Gasteiger partial charge on any atom is -0.376 e. The highest BCUT2D eigenvalue weighted by atomic mass is 35.5. The van der Waals surface area contributed by atoms with Gasteiger partial charge in [0.05, 0.1) is 12.1 Å². The highest BCUT2D eigenvalue weighted by molar-refractivity contribution is 5.85. The fourth-order valence-electron chi connectivity index (χ4n) is 1.86. The van der Waals surface area contributed by atoms with Crippen LogP contribution in [0.3, 0.4) is 0 Å². The van der Waals surface area contributed by atoms with Gasteiger partial charge in [-0.25, -0.2) is 0 Å². The van der Waals surface area contributed by atoms with Gasteiger partial charge in [0, 0.05) is 19.1 Å². The van der Waals surface area contributed by atoms with Gasteiger partial charge in [0.2, 0.25) is 5.91 Å². The lowest BCUT2D eigenvalue weighted by molar-refractivity contribution is -0.125. The van der Waals surface area contributed by atoms with Crippen LogP contribution < -0.4 is 10.6 Å². The first-order valence-corrected chi connectivity index (χ1v) is 5.71. The van der Waals surface area contributed by atoms with E-state index in [0.29, 0.717) is 6.54 Å². The number of halogens is 1. The van der Waals surface area contributed by atoms with Gasteiger partial charge in [-0.2, -0.15) is 0 Å². The maximum Gasteiger partial charge on any atom is 0.224 e. The van der Waals surface area contributed by atoms with Gasteiger partial charge < -0.3 is 15.4 Å². The summed E-state index contributed by atoms with van der Waals surface area (Å²) in [5.74, 6) is 0.117. The third kappa shape index (κ3) is 4.68. The Balaban J connectivity index is 0.00000225. The average molecular weight is 251 g/mol. The van der Waals surface area contributed by atoms with Gasteiger partial charge in [-0.1, -0.05) is 6.92 Å². The van der Waals surface area contributed by atoms with E-state index in [0.717, 1.165) is 19.4 Å². The van der Waals surface area contributed by atoms with E-state index >= 15 is 0 Å². The SMILES string of the molecule is CNCC(C)C(=O)NC(C)C1CCCO1.Cl. The zero-order chi connectivity index (χ0) is 11.3. The van der Waals surface area contributed by atoms with Crippen molar-refractivity contribution in [2.45, 2.75) is 38.8 Å². The van der Waals surface area contributed by atoms with Gasteiger partial charge in [0.1, 0.15) is 0 Å². The fourth-order valence-corrected chi connectivity index (χ4v) is 1.86. The molecule has 1 rings (SSSR count). The summed E-state index contributed by atoms with van der Waals surface area (Å²) < 4.78 is 5.52. The molecule has 1 heterocycles. The minimum absolute atomic E-state index is 0. The van der Waals surface area contributed by atoms with E-state index < -0.39 is 0 Å². The second-order valence-corrected chi connectivity index (χ2v) is 4.31. The number of rotatable bonds is 5. The molecule has 0 spiro atoms. The van der Waals surface area contributed by atoms with Crippen molar-refractivity contribution in [1.29, 1.82) is 0 Å². The van der Waals surface area contributed by atoms with E-state index in [-0.39, 0.29) is 36.4 Å². The molecule has 0 aliphatic carbocycles. The largest absolute Gasteiger partial charge is 0.376 e. The Hall–Kier alpha value is -0.320. The van der Waals surface area contributed by atoms with Crippen molar-refractivity contribution in [3.8, 4) is 0 Å². The van der Waals surface area contributed by atoms with Crippen molar-refractivity contribution in [2.24, 2.45) is 5.92 Å². The molecule has 3 unspecified atom stereocenters. The maximum atomic E-state index is 11.7. The summed E-state index contributed by atoms with van der Waals surface area (Å²) >= 11 is 0. The lowest BCUT2D eigenvalue weighted by atomic mass is 10.1. The molecule has 1 aliphatic heterocycles. The summed E-state index contributed by atoms with van der Waals surface area (Å²) in [6.07, 6.45) is 2.37. The van der Waals surface area contributed by atoms with Gasteiger partial charge in [0.15, 0.2) is 0 Å². The third-order valence-electron chi connectivity index (χ3n) is 2.85. The number of carbonyl (C=O) groups is 1. The summed E-state index contributed by atoms with van der Waals surface area (Å²) in [4.78, 5) is 11.7. The Morgan fingerprint density at radius 1 is 1.50 bits per heavy atom. The van der Waals surface area contributed by atoms with Gasteiger partial charge in [-0.3, -0.25) is 4.79 Å². The topological polar surface area (TPSA) is 50.4 Å². The maximum absolute atomic E-state index is 11.7. The molecular weight excluding hydrogens is 228 g/mol. The molecule has 0 aromatic rings. The Morgan fingerprint density at radius 2 is 2.19 bits per heavy atom. The van der Waals surface area contributed by atoms with Crippen molar-refractivity contribution < 1.29 is 9.53 Å². The van der Waals surface area contributed by atoms with Crippen molar-refractivity contribution in [3.05, 3.63) is 0 Å². The first kappa shape index (κ1) is 15.7. The lowest BCUT2D eigenvalue weighted by Crippen LogP contribution is -2.44. The molecule has 1 fully saturated rings. The molecule has 0 saturated carbocycles. The van der Waals surface area contributed by atoms with E-state index in [9.17, 15) is 4.79 Å². The van der Waals surface area contributed by atoms with Gasteiger partial charge in [0.25, 0.3) is 0 Å². The number of amides is 1. The monoisotopic (exact) mass is 250 g/mol. The van der Waals surface area contributed by atoms with Crippen molar-refractivity contribution >= 4 is 18.3 Å². The predicted octanol–water partition coefficient (Wildman–Crippen LogP) is 0.947. The van der Waals surface area contributed by atoms with Crippen molar-refractivity contribution in [2.75, 3.05) is 20.2 Å². The zero-order valence-corrected chi connectivity index (χ0v) is 11.1. The van der Waals surface area contributed by atoms with Crippen LogP contribution in [0, 0.1) is 5.92 Å². The van der Waals surface area contributed by atoms with Crippen LogP contribution in [0.4, 0.5) is 0 Å². The summed E-state index contributed by atoms with van der Waals surface area (Å²) in [5, 5.41) is 6.00. The van der Waals surface area contributed by atoms with Crippen molar-refractivity contribution in [1.82, 2.24) is 10.6 Å². The second-order valence-electron chi connectivity index (χ2n) is 4.31. The molecular formula is C11H23ClN2O2. The molecule has 96 valence electrons. The van der Waals surface area contributed by atoms with Crippen LogP contribution in [0.15, 0.2) is 0 Å². The second kappa shape index (κ2) is 7.87. The summed E-state index contributed by atoms with van der Waals surface area (Å²) in [7, 11) is 1.85. The zero-order valence-electron chi connectivity index (χ0n) is 10.3. The Kier molecular flexibility index (Phi) is 7.72. The van der Waals surface area contributed by atoms with Gasteiger partial charge in [-0.15, -0.1) is 12.4 Å². The van der Waals surface area contributed by atoms with E-state index in [2.05, 4.69) is 10.6 Å². The van der Waals surface area contributed by atoms with Crippen LogP contribution in [-0.4, -0.2) is 38.3 Å². The summed E-state index contributed by atoms with van der Waals surface area (Å²) in [6, 6.07) is 0.124. The third-order valence-corrected chi connectivity index (χ3v) is 2.85. The molecule has 0 bridgehead atoms. The molecule has 0 aromatic heterocycles. The van der Waals surface area contributed by atoms with Crippen LogP contribution in [0.5, 0.6) is 0 Å². The number of nitrogens with one attached hydrogen (secondary N) is 2. The molecule has 1 aliphatic rings. The summed E-state index contributed by atoms with van der Waals surface area (Å²) in [5.41, 5.74) is 0. The van der Waals surface area contributed by atoms with E-state index in [4.69, 9.17) is 4.74 Å². The molecule has 0 aromatic carbocycles. The molecule has 1 amide bonds. The highest BCUT2D eigenvalue weighted by Crippen LogP contribution is 2.15. The highest BCUT2D eigenvalue weighted by Gasteiger charge is 2.24. The standard InChI is InChI=1S/C11H22N2O2.ClH/c1-8(7-12-3)11(14)13-9(2)10-5-4-6-15-10;/h8-10,12H,4-7H2,1-3H3,(H,13,14);1H. The van der Waals surface area contributed by atoms with E-state index in [1.165, 1.54) is 0 Å². The van der Waals surface area contributed by atoms with Crippen LogP contribution >= 0.6 is 12.4 Å². The Bertz CT molecular complexity index is 208. The Labute approximate surface area is 104 Å². The molecule has 16 heavy (non-hydrogen) atoms. The van der Waals surface area contributed by atoms with E-state index in [1.54, 1.807) is 0 Å². The normalized spacial score (nSPS) is 23.3. The number of carbonyl (C=O) groups excluding carboxylic acids is 1. The molecule has 0 radical (unpaired) electrons. The molecule has 1 saturated heterocycles. The first-order valence-electron chi connectivity index (χ1n) is 5.71. The van der Waals surface area contributed by atoms with Crippen LogP contribution in [0.25, 0.3) is 0 Å². The molecule has 2 N–H and O–H groups in total. The lowest BCUT2D eigenvalue weighted by Gasteiger charge is -2.22. The minimum atomic E-state index is 0. The number of ether oxygens (including phenoxy) is 1. The molecule has 5 heteroatoms. The average Bonchev–Trinajstić information content (AvgIpc) is 2.70. The summed E-state index contributed by atoms with van der Waals surface area (Å²) in [6.45, 7) is 5.48. The quantitative estimate of drug-likeness (QED) is 0.764. The molecule has 4 nitrogen and oxygen atoms in total. The number of hydrogen-bond donors (Lipinski definition) is 2. The van der Waals surface area contributed by atoms with Crippen LogP contribution in [-0.2, 0) is 9.53 Å². The smallest absolute Gasteiger partial charge is 0.224 e. The Morgan fingerprint density at radius 3 is 2.69 bits per heavy atom. The number of hydrogen-bond acceptors (Lipinski definition) is 3. The van der Waals surface area contributed by atoms with Gasteiger partial charge >= 0.3 is 0 Å². The predicted molar refractivity (Wildman–Crippen MR) is 66.9 cm³/mol. The first-order chi connectivity index (χ1) is 7.15. The van der Waals surface area contributed by atoms with Crippen molar-refractivity contribution in [3.63, 3.8) is 0 Å².